The van der Waals surface area contributed by atoms with Crippen LogP contribution in [0.15, 0.2) is 48.5 Å². The van der Waals surface area contributed by atoms with E-state index in [1.165, 1.54) is 0 Å². The van der Waals surface area contributed by atoms with Gasteiger partial charge in [-0.1, -0.05) is 12.1 Å². The molecule has 0 unspecified atom stereocenters. The Morgan fingerprint density at radius 3 is 1.73 bits per heavy atom. The molecule has 0 aliphatic heterocycles. The molecule has 0 fully saturated rings. The van der Waals surface area contributed by atoms with E-state index >= 15 is 0 Å². The fourth-order valence-corrected chi connectivity index (χ4v) is 2.26. The van der Waals surface area contributed by atoms with Gasteiger partial charge in [-0.2, -0.15) is 0 Å². The molecular weight excluding hydrogens is 345 g/mol. The summed E-state index contributed by atoms with van der Waals surface area (Å²) in [7, 11) is 0. The average molecular weight is 357 g/mol. The van der Waals surface area contributed by atoms with E-state index in [0.29, 0.717) is 22.9 Å². The Morgan fingerprint density at radius 1 is 0.769 bits per heavy atom. The van der Waals surface area contributed by atoms with Gasteiger partial charge in [-0.3, -0.25) is 4.79 Å². The second-order valence-corrected chi connectivity index (χ2v) is 5.11. The summed E-state index contributed by atoms with van der Waals surface area (Å²) in [6, 6.07) is 14.2. The molecule has 10 nitrogen and oxygen atoms in total. The van der Waals surface area contributed by atoms with Crippen molar-refractivity contribution >= 4 is 41.2 Å². The van der Waals surface area contributed by atoms with Crippen LogP contribution in [0.4, 0.5) is 5.69 Å². The van der Waals surface area contributed by atoms with Crippen LogP contribution in [0.5, 0.6) is 0 Å². The first kappa shape index (κ1) is 17.9. The molecule has 0 bridgehead atoms. The zero-order valence-corrected chi connectivity index (χ0v) is 12.7. The monoisotopic (exact) mass is 357 g/mol. The zero-order valence-electron chi connectivity index (χ0n) is 12.7. The fourth-order valence-electron chi connectivity index (χ4n) is 2.26. The summed E-state index contributed by atoms with van der Waals surface area (Å²) in [6.45, 7) is 0. The predicted octanol–water partition coefficient (Wildman–Crippen LogP) is 0.651. The Hall–Kier alpha value is -2.95. The van der Waals surface area contributed by atoms with Gasteiger partial charge in [0.1, 0.15) is 0 Å². The van der Waals surface area contributed by atoms with Crippen molar-refractivity contribution in [3.05, 3.63) is 54.1 Å². The molecule has 0 saturated carbocycles. The number of nitrogens with one attached hydrogen (secondary N) is 3. The first-order valence-electron chi connectivity index (χ1n) is 7.29. The van der Waals surface area contributed by atoms with Gasteiger partial charge in [0.25, 0.3) is 5.91 Å². The van der Waals surface area contributed by atoms with Gasteiger partial charge in [-0.05, 0) is 57.3 Å². The second kappa shape index (κ2) is 7.95. The number of nitrogens with zero attached hydrogens (tertiary/aromatic N) is 6. The molecule has 0 atom stereocenters. The molecule has 0 radical (unpaired) electrons. The summed E-state index contributed by atoms with van der Waals surface area (Å²) >= 11 is 0. The van der Waals surface area contributed by atoms with Gasteiger partial charge in [-0.25, -0.2) is 10.2 Å². The van der Waals surface area contributed by atoms with Gasteiger partial charge in [0, 0.05) is 22.4 Å². The molecule has 2 aromatic carbocycles. The van der Waals surface area contributed by atoms with Crippen molar-refractivity contribution in [2.75, 3.05) is 5.32 Å². The number of rotatable bonds is 4. The van der Waals surface area contributed by atoms with E-state index in [1.807, 2.05) is 12.1 Å². The number of carbonyl (C=O) groups is 1. The molecule has 124 valence electrons. The number of amides is 1. The molecule has 1 amide bonds. The van der Waals surface area contributed by atoms with Crippen LogP contribution < -0.4 is 5.32 Å². The Kier molecular flexibility index (Phi) is 5.46. The van der Waals surface area contributed by atoms with E-state index in [-0.39, 0.29) is 35.5 Å². The van der Waals surface area contributed by atoms with Crippen LogP contribution in [0.2, 0.25) is 0 Å². The van der Waals surface area contributed by atoms with Gasteiger partial charge in [0.2, 0.25) is 0 Å². The third-order valence-corrected chi connectivity index (χ3v) is 3.53. The van der Waals surface area contributed by atoms with Crippen molar-refractivity contribution in [2.45, 2.75) is 0 Å². The van der Waals surface area contributed by atoms with Crippen LogP contribution in [0.3, 0.4) is 0 Å². The molecule has 0 saturated heterocycles. The van der Waals surface area contributed by atoms with Gasteiger partial charge >= 0.3 is 29.6 Å². The number of hydrogen-bond donors (Lipinski definition) is 3. The first-order valence-corrected chi connectivity index (χ1v) is 7.29. The first-order chi connectivity index (χ1) is 12.3. The van der Waals surface area contributed by atoms with E-state index in [0.717, 1.165) is 11.1 Å². The molecule has 0 spiro atoms. The molecule has 11 heteroatoms. The minimum absolute atomic E-state index is 0. The maximum atomic E-state index is 12.3. The normalized spacial score (nSPS) is 10.2. The molecule has 26 heavy (non-hydrogen) atoms. The van der Waals surface area contributed by atoms with E-state index in [1.54, 1.807) is 36.4 Å². The summed E-state index contributed by atoms with van der Waals surface area (Å²) < 4.78 is 0. The number of hydrogen-bond acceptors (Lipinski definition) is 7. The van der Waals surface area contributed by atoms with Crippen molar-refractivity contribution in [3.63, 3.8) is 0 Å². The minimum atomic E-state index is -0.212. The molecule has 2 heterocycles. The Balaban J connectivity index is 0.00000196. The molecule has 0 aliphatic rings. The molecule has 0 aliphatic carbocycles. The Morgan fingerprint density at radius 2 is 1.27 bits per heavy atom. The summed E-state index contributed by atoms with van der Waals surface area (Å²) in [5.41, 5.74) is 2.82. The molecule has 4 aromatic rings. The maximum absolute atomic E-state index is 12.3. The van der Waals surface area contributed by atoms with Crippen molar-refractivity contribution < 1.29 is 4.79 Å². The average Bonchev–Trinajstić information content (AvgIpc) is 3.36. The third-order valence-electron chi connectivity index (χ3n) is 3.53. The molecule has 2 aromatic heterocycles. The van der Waals surface area contributed by atoms with Crippen LogP contribution in [-0.2, 0) is 0 Å². The fraction of sp³-hybridized carbons (Fsp3) is 0. The zero-order chi connectivity index (χ0) is 17.1. The number of benzene rings is 2. The standard InChI is InChI=1S/C15H11N9O.Na.H/c25-15(11-3-1-9(2-4-11)13-17-21-22-18-13)16-12-7-5-10(6-8-12)14-19-23-24-20-14;;/h1-8H,(H,16,25)(H,17,18,21,22)(H,19,20,23,24);;. The van der Waals surface area contributed by atoms with Crippen LogP contribution in [-0.4, -0.2) is 76.7 Å². The SMILES string of the molecule is O=C(Nc1ccc(-c2nnn[nH]2)cc1)c1ccc(-c2nnn[nH]2)cc1.[NaH]. The number of aromatic amines is 2. The van der Waals surface area contributed by atoms with E-state index in [2.05, 4.69) is 46.6 Å². The van der Waals surface area contributed by atoms with E-state index in [9.17, 15) is 4.79 Å². The van der Waals surface area contributed by atoms with Crippen LogP contribution in [0.25, 0.3) is 22.8 Å². The quantitative estimate of drug-likeness (QED) is 0.456. The molecular formula is C15H12N9NaO. The number of carbonyl (C=O) groups excluding carboxylic acids is 1. The summed E-state index contributed by atoms with van der Waals surface area (Å²) in [6.07, 6.45) is 0. The van der Waals surface area contributed by atoms with E-state index in [4.69, 9.17) is 0 Å². The summed E-state index contributed by atoms with van der Waals surface area (Å²) in [5, 5.41) is 29.9. The summed E-state index contributed by atoms with van der Waals surface area (Å²) in [4.78, 5) is 12.3. The number of anilines is 1. The topological polar surface area (TPSA) is 138 Å². The van der Waals surface area contributed by atoms with Crippen LogP contribution >= 0.6 is 0 Å². The van der Waals surface area contributed by atoms with Crippen molar-refractivity contribution in [1.82, 2.24) is 41.2 Å². The molecule has 3 N–H and O–H groups in total. The van der Waals surface area contributed by atoms with Gasteiger partial charge < -0.3 is 5.32 Å². The van der Waals surface area contributed by atoms with Gasteiger partial charge in [-0.15, -0.1) is 10.2 Å². The van der Waals surface area contributed by atoms with Crippen LogP contribution in [0, 0.1) is 0 Å². The number of aromatic nitrogens is 8. The van der Waals surface area contributed by atoms with Crippen molar-refractivity contribution in [2.24, 2.45) is 0 Å². The second-order valence-electron chi connectivity index (χ2n) is 5.11. The number of tetrazole rings is 2. The predicted molar refractivity (Wildman–Crippen MR) is 94.3 cm³/mol. The Labute approximate surface area is 169 Å². The summed E-state index contributed by atoms with van der Waals surface area (Å²) in [5.74, 6) is 0.899. The van der Waals surface area contributed by atoms with Crippen molar-refractivity contribution in [1.29, 1.82) is 0 Å². The van der Waals surface area contributed by atoms with Gasteiger partial charge in [0.05, 0.1) is 0 Å². The number of H-pyrrole nitrogens is 2. The third kappa shape index (κ3) is 3.82. The van der Waals surface area contributed by atoms with Gasteiger partial charge in [0.15, 0.2) is 11.6 Å². The van der Waals surface area contributed by atoms with Crippen LogP contribution in [0.1, 0.15) is 10.4 Å². The van der Waals surface area contributed by atoms with Crippen molar-refractivity contribution in [3.8, 4) is 22.8 Å². The van der Waals surface area contributed by atoms with E-state index < -0.39 is 0 Å². The molecule has 4 rings (SSSR count). The Bertz CT molecular complexity index is 967.